The van der Waals surface area contributed by atoms with Crippen LogP contribution in [-0.4, -0.2) is 15.5 Å². The molecular weight excluding hydrogens is 250 g/mol. The van der Waals surface area contributed by atoms with Gasteiger partial charge in [-0.05, 0) is 26.0 Å². The maximum atomic E-state index is 12.1. The molecule has 108 valence electrons. The zero-order valence-electron chi connectivity index (χ0n) is 12.9. The fourth-order valence-corrected chi connectivity index (χ4v) is 2.23. The summed E-state index contributed by atoms with van der Waals surface area (Å²) in [5, 5.41) is 3.05. The highest BCUT2D eigenvalue weighted by Crippen LogP contribution is 2.22. The number of para-hydroxylation sites is 2. The molecule has 0 unspecified atom stereocenters. The molecule has 0 aliphatic carbocycles. The van der Waals surface area contributed by atoms with Crippen molar-refractivity contribution >= 4 is 16.9 Å². The number of carbonyl (C=O) groups excluding carboxylic acids is 1. The number of aromatic nitrogens is 2. The fraction of sp³-hybridized carbons (Fsp3) is 0.500. The van der Waals surface area contributed by atoms with Gasteiger partial charge in [-0.1, -0.05) is 32.9 Å². The number of hydrogen-bond donors (Lipinski definition) is 1. The highest BCUT2D eigenvalue weighted by Gasteiger charge is 2.25. The molecule has 1 atom stereocenters. The zero-order valence-corrected chi connectivity index (χ0v) is 12.9. The average molecular weight is 273 g/mol. The van der Waals surface area contributed by atoms with Crippen LogP contribution >= 0.6 is 0 Å². The maximum Gasteiger partial charge on any atom is 0.225 e. The van der Waals surface area contributed by atoms with Gasteiger partial charge in [-0.2, -0.15) is 0 Å². The SMILES string of the molecule is CCn1c([C@H](C)NC(=O)C(C)(C)C)nc2ccccc21. The van der Waals surface area contributed by atoms with Crippen molar-refractivity contribution < 1.29 is 4.79 Å². The molecule has 1 aromatic carbocycles. The highest BCUT2D eigenvalue weighted by molar-refractivity contribution is 5.82. The molecule has 0 bridgehead atoms. The lowest BCUT2D eigenvalue weighted by atomic mass is 9.95. The molecule has 0 aliphatic rings. The average Bonchev–Trinajstić information content (AvgIpc) is 2.75. The normalized spacial score (nSPS) is 13.4. The summed E-state index contributed by atoms with van der Waals surface area (Å²) in [6, 6.07) is 7.96. The van der Waals surface area contributed by atoms with Crippen LogP contribution in [-0.2, 0) is 11.3 Å². The number of nitrogens with one attached hydrogen (secondary N) is 1. The van der Waals surface area contributed by atoms with E-state index in [-0.39, 0.29) is 11.9 Å². The lowest BCUT2D eigenvalue weighted by molar-refractivity contribution is -0.129. The van der Waals surface area contributed by atoms with E-state index < -0.39 is 5.41 Å². The molecule has 1 N–H and O–H groups in total. The third-order valence-corrected chi connectivity index (χ3v) is 3.42. The molecule has 1 amide bonds. The summed E-state index contributed by atoms with van der Waals surface area (Å²) >= 11 is 0. The van der Waals surface area contributed by atoms with Crippen molar-refractivity contribution in [3.63, 3.8) is 0 Å². The highest BCUT2D eigenvalue weighted by atomic mass is 16.2. The van der Waals surface area contributed by atoms with Crippen LogP contribution in [0.25, 0.3) is 11.0 Å². The molecule has 4 nitrogen and oxygen atoms in total. The molecule has 0 saturated heterocycles. The summed E-state index contributed by atoms with van der Waals surface area (Å²) in [5.74, 6) is 0.950. The zero-order chi connectivity index (χ0) is 14.9. The summed E-state index contributed by atoms with van der Waals surface area (Å²) in [4.78, 5) is 16.8. The summed E-state index contributed by atoms with van der Waals surface area (Å²) in [6.45, 7) is 10.7. The Balaban J connectivity index is 2.35. The van der Waals surface area contributed by atoms with E-state index in [2.05, 4.69) is 27.9 Å². The number of carbonyl (C=O) groups is 1. The minimum absolute atomic E-state index is 0.0414. The van der Waals surface area contributed by atoms with Gasteiger partial charge in [-0.25, -0.2) is 4.98 Å². The van der Waals surface area contributed by atoms with Crippen LogP contribution in [0.1, 0.15) is 46.5 Å². The second-order valence-corrected chi connectivity index (χ2v) is 6.15. The number of rotatable bonds is 3. The van der Waals surface area contributed by atoms with E-state index in [0.717, 1.165) is 23.4 Å². The van der Waals surface area contributed by atoms with Crippen molar-refractivity contribution in [1.29, 1.82) is 0 Å². The first-order valence-corrected chi connectivity index (χ1v) is 7.10. The topological polar surface area (TPSA) is 46.9 Å². The van der Waals surface area contributed by atoms with Gasteiger partial charge < -0.3 is 9.88 Å². The van der Waals surface area contributed by atoms with Gasteiger partial charge >= 0.3 is 0 Å². The first-order valence-electron chi connectivity index (χ1n) is 7.10. The molecule has 2 rings (SSSR count). The molecule has 0 spiro atoms. The fourth-order valence-electron chi connectivity index (χ4n) is 2.23. The number of imidazole rings is 1. The second kappa shape index (κ2) is 5.27. The van der Waals surface area contributed by atoms with E-state index in [1.165, 1.54) is 0 Å². The van der Waals surface area contributed by atoms with E-state index in [1.807, 2.05) is 45.9 Å². The summed E-state index contributed by atoms with van der Waals surface area (Å²) < 4.78 is 2.16. The standard InChI is InChI=1S/C16H23N3O/c1-6-19-13-10-8-7-9-12(13)18-14(19)11(2)17-15(20)16(3,4)5/h7-11H,6H2,1-5H3,(H,17,20)/t11-/m0/s1. The van der Waals surface area contributed by atoms with Crippen LogP contribution in [0.15, 0.2) is 24.3 Å². The van der Waals surface area contributed by atoms with Crippen LogP contribution < -0.4 is 5.32 Å². The van der Waals surface area contributed by atoms with Crippen molar-refractivity contribution in [2.75, 3.05) is 0 Å². The Hall–Kier alpha value is -1.84. The van der Waals surface area contributed by atoms with Crippen LogP contribution in [0, 0.1) is 5.41 Å². The molecular formula is C16H23N3O. The number of hydrogen-bond acceptors (Lipinski definition) is 2. The molecule has 0 aliphatic heterocycles. The molecule has 1 heterocycles. The Kier molecular flexibility index (Phi) is 3.84. The Morgan fingerprint density at radius 1 is 1.35 bits per heavy atom. The van der Waals surface area contributed by atoms with Crippen molar-refractivity contribution in [3.8, 4) is 0 Å². The Labute approximate surface area is 120 Å². The predicted molar refractivity (Wildman–Crippen MR) is 81.4 cm³/mol. The van der Waals surface area contributed by atoms with Gasteiger partial charge in [-0.3, -0.25) is 4.79 Å². The number of nitrogens with zero attached hydrogens (tertiary/aromatic N) is 2. The Morgan fingerprint density at radius 3 is 2.60 bits per heavy atom. The monoisotopic (exact) mass is 273 g/mol. The van der Waals surface area contributed by atoms with E-state index in [9.17, 15) is 4.79 Å². The van der Waals surface area contributed by atoms with E-state index in [1.54, 1.807) is 0 Å². The lowest BCUT2D eigenvalue weighted by Gasteiger charge is -2.22. The summed E-state index contributed by atoms with van der Waals surface area (Å²) in [5.41, 5.74) is 1.69. The molecule has 2 aromatic rings. The van der Waals surface area contributed by atoms with E-state index in [4.69, 9.17) is 0 Å². The second-order valence-electron chi connectivity index (χ2n) is 6.15. The number of amides is 1. The molecule has 0 saturated carbocycles. The third-order valence-electron chi connectivity index (χ3n) is 3.42. The Bertz CT molecular complexity index is 622. The van der Waals surface area contributed by atoms with E-state index in [0.29, 0.717) is 0 Å². The Morgan fingerprint density at radius 2 is 2.00 bits per heavy atom. The number of aryl methyl sites for hydroxylation is 1. The molecule has 20 heavy (non-hydrogen) atoms. The largest absolute Gasteiger partial charge is 0.346 e. The summed E-state index contributed by atoms with van der Waals surface area (Å²) in [7, 11) is 0. The van der Waals surface area contributed by atoms with Crippen LogP contribution in [0.4, 0.5) is 0 Å². The maximum absolute atomic E-state index is 12.1. The molecule has 1 aromatic heterocycles. The smallest absolute Gasteiger partial charge is 0.225 e. The van der Waals surface area contributed by atoms with Gasteiger partial charge in [0.2, 0.25) is 5.91 Å². The first kappa shape index (κ1) is 14.6. The molecule has 0 fully saturated rings. The summed E-state index contributed by atoms with van der Waals surface area (Å²) in [6.07, 6.45) is 0. The predicted octanol–water partition coefficient (Wildman–Crippen LogP) is 3.28. The number of fused-ring (bicyclic) bond motifs is 1. The van der Waals surface area contributed by atoms with Crippen molar-refractivity contribution in [3.05, 3.63) is 30.1 Å². The van der Waals surface area contributed by atoms with Gasteiger partial charge in [0.25, 0.3) is 0 Å². The van der Waals surface area contributed by atoms with Gasteiger partial charge in [0.1, 0.15) is 5.82 Å². The number of benzene rings is 1. The van der Waals surface area contributed by atoms with Gasteiger partial charge in [0, 0.05) is 12.0 Å². The molecule has 0 radical (unpaired) electrons. The first-order chi connectivity index (χ1) is 9.34. The van der Waals surface area contributed by atoms with E-state index >= 15 is 0 Å². The van der Waals surface area contributed by atoms with Gasteiger partial charge in [0.05, 0.1) is 17.1 Å². The van der Waals surface area contributed by atoms with Crippen LogP contribution in [0.3, 0.4) is 0 Å². The van der Waals surface area contributed by atoms with Gasteiger partial charge in [-0.15, -0.1) is 0 Å². The quantitative estimate of drug-likeness (QED) is 0.933. The van der Waals surface area contributed by atoms with Crippen molar-refractivity contribution in [1.82, 2.24) is 14.9 Å². The van der Waals surface area contributed by atoms with Crippen molar-refractivity contribution in [2.45, 2.75) is 47.2 Å². The molecule has 4 heteroatoms. The lowest BCUT2D eigenvalue weighted by Crippen LogP contribution is -2.37. The minimum atomic E-state index is -0.392. The van der Waals surface area contributed by atoms with Crippen molar-refractivity contribution in [2.24, 2.45) is 5.41 Å². The minimum Gasteiger partial charge on any atom is -0.346 e. The van der Waals surface area contributed by atoms with Crippen LogP contribution in [0.5, 0.6) is 0 Å². The third kappa shape index (κ3) is 2.69. The van der Waals surface area contributed by atoms with Crippen LogP contribution in [0.2, 0.25) is 0 Å². The van der Waals surface area contributed by atoms with Gasteiger partial charge in [0.15, 0.2) is 0 Å².